The highest BCUT2D eigenvalue weighted by Crippen LogP contribution is 2.24. The first-order valence-corrected chi connectivity index (χ1v) is 9.87. The van der Waals surface area contributed by atoms with Crippen molar-refractivity contribution in [1.29, 1.82) is 0 Å². The van der Waals surface area contributed by atoms with Crippen LogP contribution < -0.4 is 10.2 Å². The minimum Gasteiger partial charge on any atom is -0.336 e. The number of rotatable bonds is 3. The first-order valence-electron chi connectivity index (χ1n) is 9.87. The van der Waals surface area contributed by atoms with E-state index in [0.717, 1.165) is 29.8 Å². The van der Waals surface area contributed by atoms with Crippen LogP contribution in [0.25, 0.3) is 10.8 Å². The van der Waals surface area contributed by atoms with Crippen molar-refractivity contribution in [3.05, 3.63) is 60.4 Å². The summed E-state index contributed by atoms with van der Waals surface area (Å²) in [5.41, 5.74) is 1.24. The highest BCUT2D eigenvalue weighted by Gasteiger charge is 2.30. The van der Waals surface area contributed by atoms with Crippen LogP contribution in [0.15, 0.2) is 54.9 Å². The first kappa shape index (κ1) is 17.1. The second-order valence-corrected chi connectivity index (χ2v) is 7.55. The number of nitrogens with zero attached hydrogens (tertiary/aromatic N) is 4. The minimum absolute atomic E-state index is 0.150. The van der Waals surface area contributed by atoms with Crippen LogP contribution in [0.1, 0.15) is 23.2 Å². The predicted octanol–water partition coefficient (Wildman–Crippen LogP) is 3.17. The summed E-state index contributed by atoms with van der Waals surface area (Å²) in [6, 6.07) is 14.3. The van der Waals surface area contributed by atoms with Crippen LogP contribution in [0, 0.1) is 0 Å². The maximum atomic E-state index is 12.6. The Morgan fingerprint density at radius 3 is 2.46 bits per heavy atom. The van der Waals surface area contributed by atoms with E-state index in [1.807, 2.05) is 42.5 Å². The molecule has 0 unspecified atom stereocenters. The van der Waals surface area contributed by atoms with Gasteiger partial charge in [-0.15, -0.1) is 0 Å². The number of carbonyl (C=O) groups is 1. The van der Waals surface area contributed by atoms with Crippen molar-refractivity contribution < 1.29 is 4.79 Å². The van der Waals surface area contributed by atoms with E-state index in [0.29, 0.717) is 17.3 Å². The van der Waals surface area contributed by atoms with E-state index in [1.165, 1.54) is 25.9 Å². The number of carbonyl (C=O) groups excluding carboxylic acids is 1. The molecule has 1 aromatic heterocycles. The van der Waals surface area contributed by atoms with Crippen LogP contribution in [0.4, 0.5) is 11.6 Å². The Kier molecular flexibility index (Phi) is 4.41. The average molecular weight is 373 g/mol. The SMILES string of the molecule is O=C(Nc1cnc(N2CCN3CCC2CC3)nc1)c1ccc2ccccc2c1. The van der Waals surface area contributed by atoms with Crippen LogP contribution in [-0.4, -0.2) is 53.0 Å². The van der Waals surface area contributed by atoms with E-state index < -0.39 is 0 Å². The number of amides is 1. The van der Waals surface area contributed by atoms with E-state index in [9.17, 15) is 4.79 Å². The third-order valence-electron chi connectivity index (χ3n) is 5.82. The molecule has 3 aliphatic heterocycles. The molecule has 3 fully saturated rings. The fraction of sp³-hybridized carbons (Fsp3) is 0.318. The number of hydrogen-bond donors (Lipinski definition) is 1. The zero-order chi connectivity index (χ0) is 18.9. The van der Waals surface area contributed by atoms with Gasteiger partial charge in [-0.2, -0.15) is 0 Å². The van der Waals surface area contributed by atoms with Crippen molar-refractivity contribution >= 4 is 28.3 Å². The van der Waals surface area contributed by atoms with Crippen molar-refractivity contribution in [2.45, 2.75) is 18.9 Å². The molecule has 2 aromatic carbocycles. The fourth-order valence-electron chi connectivity index (χ4n) is 4.22. The van der Waals surface area contributed by atoms with Gasteiger partial charge in [0.2, 0.25) is 5.95 Å². The Bertz CT molecular complexity index is 995. The summed E-state index contributed by atoms with van der Waals surface area (Å²) < 4.78 is 0. The smallest absolute Gasteiger partial charge is 0.255 e. The highest BCUT2D eigenvalue weighted by atomic mass is 16.1. The molecule has 1 amide bonds. The van der Waals surface area contributed by atoms with Crippen LogP contribution in [0.3, 0.4) is 0 Å². The lowest BCUT2D eigenvalue weighted by molar-refractivity contribution is 0.102. The van der Waals surface area contributed by atoms with Gasteiger partial charge in [-0.3, -0.25) is 4.79 Å². The van der Waals surface area contributed by atoms with Crippen molar-refractivity contribution in [3.8, 4) is 0 Å². The zero-order valence-corrected chi connectivity index (χ0v) is 15.7. The van der Waals surface area contributed by atoms with E-state index in [4.69, 9.17) is 0 Å². The molecule has 4 heterocycles. The number of benzene rings is 2. The second kappa shape index (κ2) is 7.20. The van der Waals surface area contributed by atoms with Gasteiger partial charge >= 0.3 is 0 Å². The lowest BCUT2D eigenvalue weighted by atomic mass is 10.1. The van der Waals surface area contributed by atoms with E-state index in [-0.39, 0.29) is 5.91 Å². The Balaban J connectivity index is 1.30. The molecular weight excluding hydrogens is 350 g/mol. The zero-order valence-electron chi connectivity index (χ0n) is 15.7. The van der Waals surface area contributed by atoms with Crippen LogP contribution in [0.5, 0.6) is 0 Å². The molecule has 6 rings (SSSR count). The number of piperidine rings is 1. The number of nitrogens with one attached hydrogen (secondary N) is 1. The van der Waals surface area contributed by atoms with E-state index in [2.05, 4.69) is 25.1 Å². The van der Waals surface area contributed by atoms with Gasteiger partial charge in [-0.25, -0.2) is 9.97 Å². The second-order valence-electron chi connectivity index (χ2n) is 7.55. The van der Waals surface area contributed by atoms with Gasteiger partial charge in [0.1, 0.15) is 0 Å². The lowest BCUT2D eigenvalue weighted by Crippen LogP contribution is -2.38. The Morgan fingerprint density at radius 2 is 1.68 bits per heavy atom. The quantitative estimate of drug-likeness (QED) is 0.764. The topological polar surface area (TPSA) is 61.4 Å². The monoisotopic (exact) mass is 373 g/mol. The Hall–Kier alpha value is -2.99. The van der Waals surface area contributed by atoms with Gasteiger partial charge in [0, 0.05) is 37.8 Å². The van der Waals surface area contributed by atoms with E-state index in [1.54, 1.807) is 12.4 Å². The molecule has 1 N–H and O–H groups in total. The standard InChI is InChI=1S/C22H23N5O/c28-21(18-6-5-16-3-1-2-4-17(16)13-18)25-19-14-23-22(24-15-19)27-12-11-26-9-7-20(27)8-10-26/h1-6,13-15,20H,7-12H2,(H,25,28). The number of aromatic nitrogens is 2. The van der Waals surface area contributed by atoms with Crippen molar-refractivity contribution in [2.75, 3.05) is 36.4 Å². The normalized spacial score (nSPS) is 21.5. The van der Waals surface area contributed by atoms with Crippen LogP contribution in [-0.2, 0) is 0 Å². The summed E-state index contributed by atoms with van der Waals surface area (Å²) in [5.74, 6) is 0.612. The summed E-state index contributed by atoms with van der Waals surface area (Å²) in [7, 11) is 0. The maximum absolute atomic E-state index is 12.6. The average Bonchev–Trinajstić information content (AvgIpc) is 3.08. The molecule has 3 aromatic rings. The molecular formula is C22H23N5O. The molecule has 142 valence electrons. The van der Waals surface area contributed by atoms with Crippen LogP contribution >= 0.6 is 0 Å². The van der Waals surface area contributed by atoms with Crippen molar-refractivity contribution in [3.63, 3.8) is 0 Å². The van der Waals surface area contributed by atoms with Gasteiger partial charge in [-0.1, -0.05) is 30.3 Å². The molecule has 6 heteroatoms. The third kappa shape index (κ3) is 3.31. The molecule has 3 aliphatic rings. The number of anilines is 2. The molecule has 0 spiro atoms. The summed E-state index contributed by atoms with van der Waals surface area (Å²) in [6.07, 6.45) is 5.76. The van der Waals surface area contributed by atoms with Gasteiger partial charge in [-0.05, 0) is 35.7 Å². The summed E-state index contributed by atoms with van der Waals surface area (Å²) in [6.45, 7) is 4.37. The highest BCUT2D eigenvalue weighted by molar-refractivity contribution is 6.06. The maximum Gasteiger partial charge on any atom is 0.255 e. The molecule has 0 atom stereocenters. The summed E-state index contributed by atoms with van der Waals surface area (Å²) >= 11 is 0. The van der Waals surface area contributed by atoms with Crippen molar-refractivity contribution in [2.24, 2.45) is 0 Å². The number of fused-ring (bicyclic) bond motifs is 5. The Labute approximate surface area is 164 Å². The Morgan fingerprint density at radius 1 is 0.929 bits per heavy atom. The largest absolute Gasteiger partial charge is 0.336 e. The minimum atomic E-state index is -0.150. The first-order chi connectivity index (χ1) is 13.8. The van der Waals surface area contributed by atoms with Crippen molar-refractivity contribution in [1.82, 2.24) is 14.9 Å². The molecule has 6 nitrogen and oxygen atoms in total. The van der Waals surface area contributed by atoms with Gasteiger partial charge < -0.3 is 15.1 Å². The van der Waals surface area contributed by atoms with Gasteiger partial charge in [0.25, 0.3) is 5.91 Å². The lowest BCUT2D eigenvalue weighted by Gasteiger charge is -2.31. The molecule has 2 bridgehead atoms. The van der Waals surface area contributed by atoms with Gasteiger partial charge in [0.05, 0.1) is 18.1 Å². The molecule has 3 saturated heterocycles. The number of hydrogen-bond acceptors (Lipinski definition) is 5. The van der Waals surface area contributed by atoms with Gasteiger partial charge in [0.15, 0.2) is 0 Å². The molecule has 0 saturated carbocycles. The predicted molar refractivity (Wildman–Crippen MR) is 111 cm³/mol. The fourth-order valence-corrected chi connectivity index (χ4v) is 4.22. The molecule has 0 aliphatic carbocycles. The van der Waals surface area contributed by atoms with E-state index >= 15 is 0 Å². The summed E-state index contributed by atoms with van der Waals surface area (Å²) in [5, 5.41) is 5.08. The third-order valence-corrected chi connectivity index (χ3v) is 5.82. The summed E-state index contributed by atoms with van der Waals surface area (Å²) in [4.78, 5) is 26.5. The molecule has 28 heavy (non-hydrogen) atoms. The van der Waals surface area contributed by atoms with Crippen LogP contribution in [0.2, 0.25) is 0 Å². The molecule has 0 radical (unpaired) electrons.